The quantitative estimate of drug-likeness (QED) is 0.776. The zero-order chi connectivity index (χ0) is 10.6. The summed E-state index contributed by atoms with van der Waals surface area (Å²) in [6.45, 7) is 7.11. The molecule has 0 unspecified atom stereocenters. The fourth-order valence-corrected chi connectivity index (χ4v) is 1.69. The summed E-state index contributed by atoms with van der Waals surface area (Å²) in [7, 11) is 3.14. The van der Waals surface area contributed by atoms with Gasteiger partial charge < -0.3 is 14.3 Å². The van der Waals surface area contributed by atoms with Crippen LogP contribution in [0.25, 0.3) is 4.85 Å². The van der Waals surface area contributed by atoms with Gasteiger partial charge in [-0.1, -0.05) is 15.9 Å². The first kappa shape index (κ1) is 10.9. The second kappa shape index (κ2) is 4.87. The van der Waals surface area contributed by atoms with Crippen LogP contribution in [0.15, 0.2) is 16.6 Å². The Morgan fingerprint density at radius 3 is 2.57 bits per heavy atom. The van der Waals surface area contributed by atoms with Crippen LogP contribution in [0.4, 0.5) is 0 Å². The Kier molecular flexibility index (Phi) is 3.78. The van der Waals surface area contributed by atoms with E-state index < -0.39 is 0 Å². The van der Waals surface area contributed by atoms with Crippen LogP contribution in [-0.2, 0) is 6.54 Å². The van der Waals surface area contributed by atoms with Crippen molar-refractivity contribution in [1.29, 1.82) is 0 Å². The molecule has 4 heteroatoms. The lowest BCUT2D eigenvalue weighted by Gasteiger charge is -2.10. The Hall–Kier alpha value is -1.21. The number of benzene rings is 1. The molecule has 0 bridgehead atoms. The van der Waals surface area contributed by atoms with Gasteiger partial charge in [-0.3, -0.25) is 0 Å². The number of hydrogen-bond acceptors (Lipinski definition) is 2. The average molecular weight is 256 g/mol. The molecular formula is C10H10BrNO2. The number of nitrogens with zero attached hydrogens (tertiary/aromatic N) is 1. The van der Waals surface area contributed by atoms with Crippen LogP contribution in [0.3, 0.4) is 0 Å². The highest BCUT2D eigenvalue weighted by Gasteiger charge is 2.12. The van der Waals surface area contributed by atoms with Crippen LogP contribution in [0, 0.1) is 6.57 Å². The van der Waals surface area contributed by atoms with E-state index in [-0.39, 0.29) is 0 Å². The third kappa shape index (κ3) is 2.18. The van der Waals surface area contributed by atoms with Crippen LogP contribution in [0.1, 0.15) is 5.56 Å². The van der Waals surface area contributed by atoms with Crippen molar-refractivity contribution in [1.82, 2.24) is 0 Å². The van der Waals surface area contributed by atoms with Gasteiger partial charge in [0, 0.05) is 4.47 Å². The molecule has 0 radical (unpaired) electrons. The lowest BCUT2D eigenvalue weighted by molar-refractivity contribution is 0.352. The molecule has 0 aliphatic rings. The first-order valence-corrected chi connectivity index (χ1v) is 4.75. The Morgan fingerprint density at radius 2 is 2.07 bits per heavy atom. The van der Waals surface area contributed by atoms with E-state index in [9.17, 15) is 0 Å². The van der Waals surface area contributed by atoms with E-state index >= 15 is 0 Å². The molecule has 1 rings (SSSR count). The highest BCUT2D eigenvalue weighted by atomic mass is 79.9. The molecule has 14 heavy (non-hydrogen) atoms. The number of hydrogen-bond donors (Lipinski definition) is 0. The topological polar surface area (TPSA) is 22.8 Å². The third-order valence-electron chi connectivity index (χ3n) is 1.77. The van der Waals surface area contributed by atoms with Gasteiger partial charge >= 0.3 is 0 Å². The van der Waals surface area contributed by atoms with Gasteiger partial charge in [-0.2, -0.15) is 0 Å². The Bertz CT molecular complexity index is 371. The van der Waals surface area contributed by atoms with E-state index in [0.717, 1.165) is 10.0 Å². The van der Waals surface area contributed by atoms with E-state index in [1.807, 2.05) is 12.1 Å². The SMILES string of the molecule is [C-]#[N+]Cc1cc(Br)cc(OC)c1OC. The van der Waals surface area contributed by atoms with Crippen molar-refractivity contribution < 1.29 is 9.47 Å². The summed E-state index contributed by atoms with van der Waals surface area (Å²) in [6, 6.07) is 3.67. The molecule has 74 valence electrons. The minimum Gasteiger partial charge on any atom is -0.493 e. The smallest absolute Gasteiger partial charge is 0.243 e. The molecule has 0 atom stereocenters. The maximum Gasteiger partial charge on any atom is 0.243 e. The van der Waals surface area contributed by atoms with Crippen molar-refractivity contribution in [2.45, 2.75) is 6.54 Å². The summed E-state index contributed by atoms with van der Waals surface area (Å²) in [5.74, 6) is 1.27. The van der Waals surface area contributed by atoms with Gasteiger partial charge in [0.1, 0.15) is 0 Å². The molecule has 0 saturated heterocycles. The third-order valence-corrected chi connectivity index (χ3v) is 2.23. The zero-order valence-electron chi connectivity index (χ0n) is 8.00. The van der Waals surface area contributed by atoms with Gasteiger partial charge in [0.2, 0.25) is 6.54 Å². The van der Waals surface area contributed by atoms with Crippen LogP contribution in [0.5, 0.6) is 11.5 Å². The molecule has 0 amide bonds. The van der Waals surface area contributed by atoms with Crippen molar-refractivity contribution in [3.8, 4) is 11.5 Å². The van der Waals surface area contributed by atoms with Gasteiger partial charge in [-0.25, -0.2) is 6.57 Å². The molecule has 1 aromatic carbocycles. The predicted molar refractivity (Wildman–Crippen MR) is 57.6 cm³/mol. The maximum absolute atomic E-state index is 6.82. The van der Waals surface area contributed by atoms with Gasteiger partial charge in [0.25, 0.3) is 0 Å². The Balaban J connectivity index is 3.25. The van der Waals surface area contributed by atoms with Crippen LogP contribution >= 0.6 is 15.9 Å². The molecule has 0 spiro atoms. The van der Waals surface area contributed by atoms with Crippen LogP contribution < -0.4 is 9.47 Å². The summed E-state index contributed by atoms with van der Waals surface area (Å²) >= 11 is 3.35. The molecular weight excluding hydrogens is 246 g/mol. The normalized spacial score (nSPS) is 9.29. The lowest BCUT2D eigenvalue weighted by Crippen LogP contribution is -1.95. The Morgan fingerprint density at radius 1 is 1.36 bits per heavy atom. The van der Waals surface area contributed by atoms with Crippen molar-refractivity contribution in [3.63, 3.8) is 0 Å². The first-order chi connectivity index (χ1) is 6.72. The molecule has 0 aliphatic carbocycles. The predicted octanol–water partition coefficient (Wildman–Crippen LogP) is 2.89. The molecule has 0 aliphatic heterocycles. The summed E-state index contributed by atoms with van der Waals surface area (Å²) in [5, 5.41) is 0. The summed E-state index contributed by atoms with van der Waals surface area (Å²) < 4.78 is 11.2. The second-order valence-corrected chi connectivity index (χ2v) is 3.53. The average Bonchev–Trinajstić information content (AvgIpc) is 2.17. The van der Waals surface area contributed by atoms with Crippen molar-refractivity contribution in [3.05, 3.63) is 33.6 Å². The molecule has 0 saturated carbocycles. The van der Waals surface area contributed by atoms with Crippen molar-refractivity contribution in [2.24, 2.45) is 0 Å². The van der Waals surface area contributed by atoms with E-state index in [4.69, 9.17) is 16.0 Å². The van der Waals surface area contributed by atoms with E-state index in [0.29, 0.717) is 18.0 Å². The lowest BCUT2D eigenvalue weighted by atomic mass is 10.2. The molecule has 0 fully saturated rings. The number of halogens is 1. The number of rotatable bonds is 3. The van der Waals surface area contributed by atoms with Gasteiger partial charge in [0.15, 0.2) is 11.5 Å². The van der Waals surface area contributed by atoms with E-state index in [2.05, 4.69) is 20.8 Å². The number of ether oxygens (including phenoxy) is 2. The maximum atomic E-state index is 6.82. The van der Waals surface area contributed by atoms with Gasteiger partial charge in [-0.05, 0) is 12.1 Å². The van der Waals surface area contributed by atoms with E-state index in [1.54, 1.807) is 14.2 Å². The van der Waals surface area contributed by atoms with Crippen LogP contribution in [0.2, 0.25) is 0 Å². The zero-order valence-corrected chi connectivity index (χ0v) is 9.59. The molecule has 3 nitrogen and oxygen atoms in total. The fourth-order valence-electron chi connectivity index (χ4n) is 1.21. The molecule has 0 N–H and O–H groups in total. The molecule has 1 aromatic rings. The minimum atomic E-state index is 0.291. The monoisotopic (exact) mass is 255 g/mol. The van der Waals surface area contributed by atoms with Crippen molar-refractivity contribution >= 4 is 15.9 Å². The summed E-state index contributed by atoms with van der Waals surface area (Å²) in [5.41, 5.74) is 0.828. The largest absolute Gasteiger partial charge is 0.493 e. The highest BCUT2D eigenvalue weighted by Crippen LogP contribution is 2.34. The molecule has 0 heterocycles. The molecule has 0 aromatic heterocycles. The Labute approximate surface area is 91.6 Å². The summed E-state index contributed by atoms with van der Waals surface area (Å²) in [4.78, 5) is 3.32. The highest BCUT2D eigenvalue weighted by molar-refractivity contribution is 9.10. The van der Waals surface area contributed by atoms with Gasteiger partial charge in [-0.15, -0.1) is 0 Å². The van der Waals surface area contributed by atoms with Crippen LogP contribution in [-0.4, -0.2) is 14.2 Å². The second-order valence-electron chi connectivity index (χ2n) is 2.62. The van der Waals surface area contributed by atoms with Gasteiger partial charge in [0.05, 0.1) is 19.8 Å². The fraction of sp³-hybridized carbons (Fsp3) is 0.300. The van der Waals surface area contributed by atoms with E-state index in [1.165, 1.54) is 0 Å². The standard InChI is InChI=1S/C10H10BrNO2/c1-12-6-7-4-8(11)5-9(13-2)10(7)14-3/h4-5H,6H2,2-3H3. The van der Waals surface area contributed by atoms with Crippen molar-refractivity contribution in [2.75, 3.05) is 14.2 Å². The minimum absolute atomic E-state index is 0.291. The number of methoxy groups -OCH3 is 2. The summed E-state index contributed by atoms with van der Waals surface area (Å²) in [6.07, 6.45) is 0. The first-order valence-electron chi connectivity index (χ1n) is 3.96.